The van der Waals surface area contributed by atoms with Crippen molar-refractivity contribution in [3.05, 3.63) is 59.2 Å². The number of carbonyl (C=O) groups excluding carboxylic acids is 1. The van der Waals surface area contributed by atoms with Gasteiger partial charge in [0.05, 0.1) is 16.3 Å². The maximum absolute atomic E-state index is 13.8. The first-order valence-corrected chi connectivity index (χ1v) is 9.57. The van der Waals surface area contributed by atoms with Crippen molar-refractivity contribution < 1.29 is 18.3 Å². The summed E-state index contributed by atoms with van der Waals surface area (Å²) in [6.07, 6.45) is 1.07. The Bertz CT molecular complexity index is 1080. The smallest absolute Gasteiger partial charge is 0.274 e. The molecule has 1 aliphatic heterocycles. The molecule has 0 radical (unpaired) electrons. The molecule has 0 bridgehead atoms. The molecule has 1 aromatic heterocycles. The number of ether oxygens (including phenoxy) is 1. The Morgan fingerprint density at radius 3 is 2.79 bits per heavy atom. The Hall–Kier alpha value is -3.05. The summed E-state index contributed by atoms with van der Waals surface area (Å²) in [7, 11) is 0. The fourth-order valence-electron chi connectivity index (χ4n) is 3.21. The van der Waals surface area contributed by atoms with Crippen molar-refractivity contribution in [3.8, 4) is 11.3 Å². The van der Waals surface area contributed by atoms with E-state index in [2.05, 4.69) is 4.98 Å². The number of aromatic nitrogens is 1. The molecule has 1 aliphatic rings. The van der Waals surface area contributed by atoms with Gasteiger partial charge in [0.1, 0.15) is 17.4 Å². The predicted octanol–water partition coefficient (Wildman–Crippen LogP) is 4.13. The lowest BCUT2D eigenvalue weighted by Crippen LogP contribution is -2.41. The van der Waals surface area contributed by atoms with Crippen LogP contribution in [0.5, 0.6) is 5.19 Å². The first kappa shape index (κ1) is 18.3. The molecule has 0 saturated carbocycles. The second-order valence-electron chi connectivity index (χ2n) is 6.52. The average molecular weight is 399 g/mol. The van der Waals surface area contributed by atoms with Gasteiger partial charge in [-0.15, -0.1) is 0 Å². The minimum atomic E-state index is -0.707. The monoisotopic (exact) mass is 399 g/mol. The second-order valence-corrected chi connectivity index (χ2v) is 7.51. The molecule has 5 nitrogen and oxygen atoms in total. The molecule has 0 N–H and O–H groups in total. The molecule has 1 saturated heterocycles. The van der Waals surface area contributed by atoms with Gasteiger partial charge < -0.3 is 9.64 Å². The lowest BCUT2D eigenvalue weighted by molar-refractivity contribution is 0.0595. The van der Waals surface area contributed by atoms with Crippen molar-refractivity contribution in [2.24, 2.45) is 0 Å². The molecule has 2 aromatic carbocycles. The highest BCUT2D eigenvalue weighted by molar-refractivity contribution is 7.20. The van der Waals surface area contributed by atoms with Crippen molar-refractivity contribution in [1.29, 1.82) is 5.26 Å². The maximum Gasteiger partial charge on any atom is 0.274 e. The largest absolute Gasteiger partial charge is 0.467 e. The first-order valence-electron chi connectivity index (χ1n) is 8.75. The lowest BCUT2D eigenvalue weighted by atomic mass is 10.1. The van der Waals surface area contributed by atoms with Gasteiger partial charge in [0.15, 0.2) is 5.82 Å². The van der Waals surface area contributed by atoms with E-state index in [9.17, 15) is 13.6 Å². The first-order chi connectivity index (χ1) is 13.5. The van der Waals surface area contributed by atoms with Crippen LogP contribution in [0.4, 0.5) is 8.78 Å². The van der Waals surface area contributed by atoms with E-state index in [0.717, 1.165) is 17.4 Å². The normalized spacial score (nSPS) is 14.8. The Labute approximate surface area is 163 Å². The van der Waals surface area contributed by atoms with Crippen LogP contribution in [0.15, 0.2) is 36.4 Å². The molecule has 2 heterocycles. The van der Waals surface area contributed by atoms with E-state index in [-0.39, 0.29) is 17.5 Å². The van der Waals surface area contributed by atoms with E-state index in [0.29, 0.717) is 47.0 Å². The van der Waals surface area contributed by atoms with Gasteiger partial charge >= 0.3 is 0 Å². The van der Waals surface area contributed by atoms with E-state index >= 15 is 0 Å². The zero-order valence-electron chi connectivity index (χ0n) is 14.7. The van der Waals surface area contributed by atoms with Gasteiger partial charge in [0.25, 0.3) is 11.1 Å². The van der Waals surface area contributed by atoms with Crippen molar-refractivity contribution in [2.75, 3.05) is 13.1 Å². The molecule has 0 unspecified atom stereocenters. The number of nitriles is 1. The van der Waals surface area contributed by atoms with Crippen molar-refractivity contribution >= 4 is 27.5 Å². The zero-order chi connectivity index (χ0) is 19.7. The Morgan fingerprint density at radius 1 is 1.25 bits per heavy atom. The molecule has 142 valence electrons. The summed E-state index contributed by atoms with van der Waals surface area (Å²) in [4.78, 5) is 18.4. The van der Waals surface area contributed by atoms with Crippen molar-refractivity contribution in [2.45, 2.75) is 18.9 Å². The fraction of sp³-hybridized carbons (Fsp3) is 0.250. The number of halogens is 2. The van der Waals surface area contributed by atoms with Crippen LogP contribution in [0.3, 0.4) is 0 Å². The topological polar surface area (TPSA) is 66.2 Å². The number of rotatable bonds is 3. The van der Waals surface area contributed by atoms with E-state index in [1.54, 1.807) is 29.2 Å². The summed E-state index contributed by atoms with van der Waals surface area (Å²) in [5, 5.41) is 9.27. The van der Waals surface area contributed by atoms with E-state index in [4.69, 9.17) is 10.00 Å². The highest BCUT2D eigenvalue weighted by Crippen LogP contribution is 2.32. The fourth-order valence-corrected chi connectivity index (χ4v) is 4.13. The molecule has 8 heteroatoms. The molecule has 0 aliphatic carbocycles. The van der Waals surface area contributed by atoms with E-state index < -0.39 is 11.6 Å². The van der Waals surface area contributed by atoms with Gasteiger partial charge in [-0.05, 0) is 24.3 Å². The van der Waals surface area contributed by atoms with Gasteiger partial charge in [-0.25, -0.2) is 8.78 Å². The van der Waals surface area contributed by atoms with Crippen LogP contribution in [0.25, 0.3) is 10.2 Å². The summed E-state index contributed by atoms with van der Waals surface area (Å²) >= 11 is 1.10. The molecule has 1 fully saturated rings. The molecule has 4 rings (SSSR count). The van der Waals surface area contributed by atoms with Gasteiger partial charge in [-0.1, -0.05) is 17.4 Å². The van der Waals surface area contributed by atoms with E-state index in [1.165, 1.54) is 6.07 Å². The number of amides is 1. The minimum absolute atomic E-state index is 0.103. The molecular formula is C20H15F2N3O2S. The van der Waals surface area contributed by atoms with E-state index in [1.807, 2.05) is 6.07 Å². The summed E-state index contributed by atoms with van der Waals surface area (Å²) in [6.45, 7) is 1.02. The SMILES string of the molecule is N#Cc1cccc(C(=O)N2CCC(Oc3nc4c(F)cc(F)cc4s3)CC2)c1. The molecule has 0 spiro atoms. The summed E-state index contributed by atoms with van der Waals surface area (Å²) in [5.41, 5.74) is 1.04. The van der Waals surface area contributed by atoms with Crippen LogP contribution in [-0.4, -0.2) is 35.0 Å². The third-order valence-electron chi connectivity index (χ3n) is 4.63. The quantitative estimate of drug-likeness (QED) is 0.664. The number of piperidine rings is 1. The van der Waals surface area contributed by atoms with Crippen molar-refractivity contribution in [1.82, 2.24) is 9.88 Å². The molecule has 3 aromatic rings. The van der Waals surface area contributed by atoms with Gasteiger partial charge in [-0.3, -0.25) is 4.79 Å². The van der Waals surface area contributed by atoms with Crippen LogP contribution >= 0.6 is 11.3 Å². The molecule has 28 heavy (non-hydrogen) atoms. The highest BCUT2D eigenvalue weighted by Gasteiger charge is 2.26. The van der Waals surface area contributed by atoms with Crippen LogP contribution in [0, 0.1) is 23.0 Å². The summed E-state index contributed by atoms with van der Waals surface area (Å²) < 4.78 is 33.3. The summed E-state index contributed by atoms with van der Waals surface area (Å²) in [5.74, 6) is -1.47. The molecule has 1 amide bonds. The standard InChI is InChI=1S/C20H15F2N3O2S/c21-14-9-16(22)18-17(10-14)28-20(24-18)27-15-4-6-25(7-5-15)19(26)13-3-1-2-12(8-13)11-23/h1-3,8-10,15H,4-7H2. The number of hydrogen-bond donors (Lipinski definition) is 0. The van der Waals surface area contributed by atoms with Crippen LogP contribution < -0.4 is 4.74 Å². The third kappa shape index (κ3) is 3.66. The minimum Gasteiger partial charge on any atom is -0.467 e. The zero-order valence-corrected chi connectivity index (χ0v) is 15.5. The number of carbonyl (C=O) groups is 1. The second kappa shape index (κ2) is 7.52. The number of nitrogens with zero attached hydrogens (tertiary/aromatic N) is 3. The highest BCUT2D eigenvalue weighted by atomic mass is 32.1. The number of fused-ring (bicyclic) bond motifs is 1. The van der Waals surface area contributed by atoms with Crippen LogP contribution in [0.2, 0.25) is 0 Å². The number of hydrogen-bond acceptors (Lipinski definition) is 5. The van der Waals surface area contributed by atoms with Crippen molar-refractivity contribution in [3.63, 3.8) is 0 Å². The van der Waals surface area contributed by atoms with Gasteiger partial charge in [-0.2, -0.15) is 10.2 Å². The predicted molar refractivity (Wildman–Crippen MR) is 100 cm³/mol. The Morgan fingerprint density at radius 2 is 2.04 bits per heavy atom. The van der Waals surface area contributed by atoms with Crippen LogP contribution in [-0.2, 0) is 0 Å². The third-order valence-corrected chi connectivity index (χ3v) is 5.52. The van der Waals surface area contributed by atoms with Crippen LogP contribution in [0.1, 0.15) is 28.8 Å². The Balaban J connectivity index is 1.40. The number of thiazole rings is 1. The lowest BCUT2D eigenvalue weighted by Gasteiger charge is -2.31. The number of benzene rings is 2. The summed E-state index contributed by atoms with van der Waals surface area (Å²) in [6, 6.07) is 10.7. The van der Waals surface area contributed by atoms with Gasteiger partial charge in [0.2, 0.25) is 0 Å². The average Bonchev–Trinajstić information content (AvgIpc) is 3.10. The van der Waals surface area contributed by atoms with Gasteiger partial charge in [0, 0.05) is 37.6 Å². The molecule has 0 atom stereocenters. The maximum atomic E-state index is 13.8. The number of likely N-dealkylation sites (tertiary alicyclic amines) is 1. The molecular weight excluding hydrogens is 384 g/mol. The Kier molecular flexibility index (Phi) is 4.92.